The number of hydrogen-bond donors (Lipinski definition) is 1. The zero-order chi connectivity index (χ0) is 20.1. The van der Waals surface area contributed by atoms with Crippen molar-refractivity contribution in [3.63, 3.8) is 0 Å². The fraction of sp³-hybridized carbons (Fsp3) is 0.579. The van der Waals surface area contributed by atoms with Crippen LogP contribution in [-0.4, -0.2) is 52.9 Å². The third-order valence-corrected chi connectivity index (χ3v) is 6.86. The van der Waals surface area contributed by atoms with Crippen molar-refractivity contribution in [2.24, 2.45) is 7.05 Å². The van der Waals surface area contributed by atoms with Crippen molar-refractivity contribution in [3.8, 4) is 0 Å². The van der Waals surface area contributed by atoms with Gasteiger partial charge in [-0.05, 0) is 25.1 Å². The van der Waals surface area contributed by atoms with Crippen molar-refractivity contribution in [3.05, 3.63) is 42.4 Å². The molecule has 1 saturated heterocycles. The smallest absolute Gasteiger partial charge is 0.262 e. The standard InChI is InChI=1S/C19H28FN5O2S/c1-3-4-5-6-9-21-17-12-25(28(26,27)18-13-24(2)14-23-18)11-15(17)19-16(20)8-7-10-22-19/h7-8,10,13-15,17,21H,3-6,9,11-12H2,1-2H3. The fourth-order valence-corrected chi connectivity index (χ4v) is 5.07. The molecule has 0 saturated carbocycles. The van der Waals surface area contributed by atoms with Gasteiger partial charge in [0.1, 0.15) is 5.82 Å². The highest BCUT2D eigenvalue weighted by molar-refractivity contribution is 7.89. The molecule has 154 valence electrons. The van der Waals surface area contributed by atoms with Crippen molar-refractivity contribution in [1.82, 2.24) is 24.2 Å². The lowest BCUT2D eigenvalue weighted by Gasteiger charge is -2.19. The molecule has 7 nitrogen and oxygen atoms in total. The molecule has 9 heteroatoms. The second kappa shape index (κ2) is 9.11. The highest BCUT2D eigenvalue weighted by Gasteiger charge is 2.42. The fourth-order valence-electron chi connectivity index (χ4n) is 3.61. The van der Waals surface area contributed by atoms with Gasteiger partial charge in [0.25, 0.3) is 10.0 Å². The van der Waals surface area contributed by atoms with E-state index in [1.165, 1.54) is 29.3 Å². The molecule has 3 rings (SSSR count). The predicted molar refractivity (Wildman–Crippen MR) is 105 cm³/mol. The zero-order valence-electron chi connectivity index (χ0n) is 16.4. The Morgan fingerprint density at radius 3 is 2.75 bits per heavy atom. The summed E-state index contributed by atoms with van der Waals surface area (Å²) in [6.45, 7) is 3.38. The monoisotopic (exact) mass is 409 g/mol. The molecule has 28 heavy (non-hydrogen) atoms. The first-order valence-corrected chi connectivity index (χ1v) is 11.2. The molecule has 2 atom stereocenters. The molecular weight excluding hydrogens is 381 g/mol. The van der Waals surface area contributed by atoms with Crippen LogP contribution < -0.4 is 5.32 Å². The Balaban J connectivity index is 1.79. The van der Waals surface area contributed by atoms with Gasteiger partial charge in [0.15, 0.2) is 5.03 Å². The van der Waals surface area contributed by atoms with E-state index in [4.69, 9.17) is 0 Å². The van der Waals surface area contributed by atoms with Crippen LogP contribution in [0, 0.1) is 5.82 Å². The van der Waals surface area contributed by atoms with Gasteiger partial charge in [0.2, 0.25) is 0 Å². The normalized spacial score (nSPS) is 20.7. The van der Waals surface area contributed by atoms with Gasteiger partial charge in [0.05, 0.1) is 12.0 Å². The van der Waals surface area contributed by atoms with Gasteiger partial charge in [-0.1, -0.05) is 26.2 Å². The summed E-state index contributed by atoms with van der Waals surface area (Å²) in [5.74, 6) is -0.742. The van der Waals surface area contributed by atoms with Crippen molar-refractivity contribution < 1.29 is 12.8 Å². The molecule has 1 aliphatic rings. The summed E-state index contributed by atoms with van der Waals surface area (Å²) in [4.78, 5) is 8.20. The molecule has 2 aromatic rings. The van der Waals surface area contributed by atoms with E-state index in [9.17, 15) is 12.8 Å². The van der Waals surface area contributed by atoms with Crippen LogP contribution in [0.5, 0.6) is 0 Å². The third-order valence-electron chi connectivity index (χ3n) is 5.15. The number of sulfonamides is 1. The Labute approximate surface area is 166 Å². The summed E-state index contributed by atoms with van der Waals surface area (Å²) in [5, 5.41) is 3.45. The van der Waals surface area contributed by atoms with E-state index >= 15 is 0 Å². The average molecular weight is 410 g/mol. The molecule has 0 radical (unpaired) electrons. The quantitative estimate of drug-likeness (QED) is 0.643. The van der Waals surface area contributed by atoms with Gasteiger partial charge in [-0.15, -0.1) is 0 Å². The van der Waals surface area contributed by atoms with Gasteiger partial charge in [0, 0.05) is 44.5 Å². The minimum Gasteiger partial charge on any atom is -0.339 e. The second-order valence-corrected chi connectivity index (χ2v) is 9.18. The Morgan fingerprint density at radius 2 is 2.07 bits per heavy atom. The van der Waals surface area contributed by atoms with Gasteiger partial charge in [-0.25, -0.2) is 17.8 Å². The number of rotatable bonds is 9. The minimum atomic E-state index is -3.73. The first-order valence-electron chi connectivity index (χ1n) is 9.75. The van der Waals surface area contributed by atoms with Gasteiger partial charge < -0.3 is 9.88 Å². The second-order valence-electron chi connectivity index (χ2n) is 7.30. The molecule has 0 amide bonds. The molecule has 0 aliphatic carbocycles. The summed E-state index contributed by atoms with van der Waals surface area (Å²) in [6, 6.07) is 2.73. The number of pyridine rings is 1. The lowest BCUT2D eigenvalue weighted by molar-refractivity contribution is 0.448. The average Bonchev–Trinajstić information content (AvgIpc) is 3.29. The number of nitrogens with zero attached hydrogens (tertiary/aromatic N) is 4. The SMILES string of the molecule is CCCCCCNC1CN(S(=O)(=O)c2cn(C)cn2)CC1c1ncccc1F. The third kappa shape index (κ3) is 4.59. The largest absolute Gasteiger partial charge is 0.339 e. The van der Waals surface area contributed by atoms with Gasteiger partial charge in [-0.3, -0.25) is 4.98 Å². The number of nitrogens with one attached hydrogen (secondary N) is 1. The summed E-state index contributed by atoms with van der Waals surface area (Å²) in [6.07, 6.45) is 8.95. The maximum absolute atomic E-state index is 14.4. The van der Waals surface area contributed by atoms with Crippen molar-refractivity contribution >= 4 is 10.0 Å². The lowest BCUT2D eigenvalue weighted by atomic mass is 9.98. The van der Waals surface area contributed by atoms with E-state index in [2.05, 4.69) is 22.2 Å². The van der Waals surface area contributed by atoms with E-state index in [1.54, 1.807) is 23.9 Å². The molecule has 0 aromatic carbocycles. The number of unbranched alkanes of at least 4 members (excludes halogenated alkanes) is 3. The van der Waals surface area contributed by atoms with Crippen LogP contribution in [0.2, 0.25) is 0 Å². The number of imidazole rings is 1. The molecule has 1 N–H and O–H groups in total. The maximum atomic E-state index is 14.4. The zero-order valence-corrected chi connectivity index (χ0v) is 17.2. The molecule has 0 bridgehead atoms. The van der Waals surface area contributed by atoms with Crippen LogP contribution in [0.3, 0.4) is 0 Å². The number of hydrogen-bond acceptors (Lipinski definition) is 5. The van der Waals surface area contributed by atoms with E-state index in [1.807, 2.05) is 0 Å². The first kappa shape index (κ1) is 20.9. The maximum Gasteiger partial charge on any atom is 0.262 e. The Bertz CT molecular complexity index is 886. The summed E-state index contributed by atoms with van der Waals surface area (Å²) >= 11 is 0. The van der Waals surface area contributed by atoms with E-state index in [0.717, 1.165) is 25.8 Å². The number of aromatic nitrogens is 3. The lowest BCUT2D eigenvalue weighted by Crippen LogP contribution is -2.37. The van der Waals surface area contributed by atoms with E-state index < -0.39 is 15.8 Å². The Kier molecular flexibility index (Phi) is 6.79. The molecule has 1 fully saturated rings. The van der Waals surface area contributed by atoms with Crippen LogP contribution >= 0.6 is 0 Å². The van der Waals surface area contributed by atoms with Crippen LogP contribution in [-0.2, 0) is 17.1 Å². The summed E-state index contributed by atoms with van der Waals surface area (Å²) in [5.41, 5.74) is 0.312. The van der Waals surface area contributed by atoms with Gasteiger partial charge >= 0.3 is 0 Å². The molecule has 2 aromatic heterocycles. The van der Waals surface area contributed by atoms with E-state index in [0.29, 0.717) is 5.69 Å². The van der Waals surface area contributed by atoms with Crippen LogP contribution in [0.25, 0.3) is 0 Å². The molecular formula is C19H28FN5O2S. The Hall–Kier alpha value is -1.84. The number of aryl methyl sites for hydroxylation is 1. The Morgan fingerprint density at radius 1 is 1.25 bits per heavy atom. The van der Waals surface area contributed by atoms with Crippen LogP contribution in [0.15, 0.2) is 35.9 Å². The minimum absolute atomic E-state index is 0.0128. The van der Waals surface area contributed by atoms with Crippen molar-refractivity contribution in [2.75, 3.05) is 19.6 Å². The highest BCUT2D eigenvalue weighted by Crippen LogP contribution is 2.31. The van der Waals surface area contributed by atoms with E-state index in [-0.39, 0.29) is 30.1 Å². The topological polar surface area (TPSA) is 80.1 Å². The number of halogens is 1. The molecule has 2 unspecified atom stereocenters. The van der Waals surface area contributed by atoms with Crippen LogP contribution in [0.4, 0.5) is 4.39 Å². The van der Waals surface area contributed by atoms with Crippen molar-refractivity contribution in [2.45, 2.75) is 49.6 Å². The summed E-state index contributed by atoms with van der Waals surface area (Å²) < 4.78 is 43.3. The molecule has 3 heterocycles. The summed E-state index contributed by atoms with van der Waals surface area (Å²) in [7, 11) is -2.01. The van der Waals surface area contributed by atoms with Crippen LogP contribution in [0.1, 0.15) is 44.2 Å². The first-order chi connectivity index (χ1) is 13.4. The van der Waals surface area contributed by atoms with Gasteiger partial charge in [-0.2, -0.15) is 4.31 Å². The molecule has 1 aliphatic heterocycles. The molecule has 0 spiro atoms. The van der Waals surface area contributed by atoms with Crippen molar-refractivity contribution in [1.29, 1.82) is 0 Å². The highest BCUT2D eigenvalue weighted by atomic mass is 32.2. The predicted octanol–water partition coefficient (Wildman–Crippen LogP) is 2.28.